The summed E-state index contributed by atoms with van der Waals surface area (Å²) in [6, 6.07) is 21.0. The number of fused-ring (bicyclic) bond motifs is 1. The van der Waals surface area contributed by atoms with Gasteiger partial charge in [0.05, 0.1) is 21.7 Å². The third-order valence-electron chi connectivity index (χ3n) is 5.31. The number of anilines is 1. The van der Waals surface area contributed by atoms with E-state index in [-0.39, 0.29) is 11.4 Å². The molecule has 3 aromatic carbocycles. The van der Waals surface area contributed by atoms with E-state index in [9.17, 15) is 19.7 Å². The summed E-state index contributed by atoms with van der Waals surface area (Å²) in [7, 11) is 0. The van der Waals surface area contributed by atoms with Crippen molar-refractivity contribution in [2.45, 2.75) is 13.8 Å². The average Bonchev–Trinajstić information content (AvgIpc) is 2.83. The highest BCUT2D eigenvalue weighted by Gasteiger charge is 2.17. The van der Waals surface area contributed by atoms with Crippen molar-refractivity contribution in [3.05, 3.63) is 99.6 Å². The molecule has 1 amide bonds. The molecule has 8 heteroatoms. The van der Waals surface area contributed by atoms with E-state index in [2.05, 4.69) is 10.3 Å². The SMILES string of the molecule is Cc1ccc(-c2cc(C(=O)OCC(=O)Nc3ccc(C)c([N+](=O)[O-])c3)c3ccccc3n2)cc1. The highest BCUT2D eigenvalue weighted by molar-refractivity contribution is 6.05. The van der Waals surface area contributed by atoms with Gasteiger partial charge in [0.1, 0.15) is 0 Å². The molecule has 0 aliphatic rings. The number of amides is 1. The molecule has 0 radical (unpaired) electrons. The molecule has 170 valence electrons. The number of aryl methyl sites for hydroxylation is 2. The van der Waals surface area contributed by atoms with Crippen LogP contribution in [0.3, 0.4) is 0 Å². The van der Waals surface area contributed by atoms with E-state index >= 15 is 0 Å². The molecule has 0 unspecified atom stereocenters. The molecule has 0 spiro atoms. The van der Waals surface area contributed by atoms with Crippen LogP contribution in [0.1, 0.15) is 21.5 Å². The molecule has 0 saturated heterocycles. The molecule has 0 aliphatic heterocycles. The lowest BCUT2D eigenvalue weighted by atomic mass is 10.0. The first kappa shape index (κ1) is 22.6. The molecular formula is C26H21N3O5. The van der Waals surface area contributed by atoms with E-state index in [0.29, 0.717) is 27.7 Å². The first-order chi connectivity index (χ1) is 16.3. The van der Waals surface area contributed by atoms with Crippen LogP contribution < -0.4 is 5.32 Å². The van der Waals surface area contributed by atoms with Crippen molar-refractivity contribution >= 4 is 34.2 Å². The molecule has 1 N–H and O–H groups in total. The van der Waals surface area contributed by atoms with Gasteiger partial charge in [-0.2, -0.15) is 0 Å². The molecule has 4 aromatic rings. The van der Waals surface area contributed by atoms with Gasteiger partial charge in [-0.3, -0.25) is 14.9 Å². The van der Waals surface area contributed by atoms with E-state index < -0.39 is 23.4 Å². The number of rotatable bonds is 6. The van der Waals surface area contributed by atoms with Crippen LogP contribution in [-0.2, 0) is 9.53 Å². The fourth-order valence-corrected chi connectivity index (χ4v) is 3.51. The third-order valence-corrected chi connectivity index (χ3v) is 5.31. The van der Waals surface area contributed by atoms with E-state index in [1.165, 1.54) is 12.1 Å². The van der Waals surface area contributed by atoms with E-state index in [1.54, 1.807) is 37.3 Å². The Hall–Kier alpha value is -4.59. The number of aromatic nitrogens is 1. The number of nitro benzene ring substituents is 1. The maximum Gasteiger partial charge on any atom is 0.339 e. The zero-order valence-corrected chi connectivity index (χ0v) is 18.6. The minimum absolute atomic E-state index is 0.110. The fourth-order valence-electron chi connectivity index (χ4n) is 3.51. The number of esters is 1. The maximum absolute atomic E-state index is 12.9. The predicted molar refractivity (Wildman–Crippen MR) is 129 cm³/mol. The van der Waals surface area contributed by atoms with Gasteiger partial charge in [-0.05, 0) is 32.0 Å². The maximum atomic E-state index is 12.9. The Kier molecular flexibility index (Phi) is 6.31. The average molecular weight is 455 g/mol. The fraction of sp³-hybridized carbons (Fsp3) is 0.115. The first-order valence-electron chi connectivity index (χ1n) is 10.5. The summed E-state index contributed by atoms with van der Waals surface area (Å²) in [6.07, 6.45) is 0. The van der Waals surface area contributed by atoms with Gasteiger partial charge in [-0.25, -0.2) is 9.78 Å². The van der Waals surface area contributed by atoms with Crippen molar-refractivity contribution in [2.24, 2.45) is 0 Å². The molecule has 0 aliphatic carbocycles. The third kappa shape index (κ3) is 4.91. The second kappa shape index (κ2) is 9.50. The van der Waals surface area contributed by atoms with Crippen LogP contribution in [0.2, 0.25) is 0 Å². The summed E-state index contributed by atoms with van der Waals surface area (Å²) in [6.45, 7) is 3.05. The number of ether oxygens (including phenoxy) is 1. The number of pyridine rings is 1. The van der Waals surface area contributed by atoms with Gasteiger partial charge in [0, 0.05) is 28.3 Å². The Morgan fingerprint density at radius 3 is 2.47 bits per heavy atom. The van der Waals surface area contributed by atoms with Crippen LogP contribution in [0, 0.1) is 24.0 Å². The molecular weight excluding hydrogens is 434 g/mol. The largest absolute Gasteiger partial charge is 0.452 e. The minimum Gasteiger partial charge on any atom is -0.452 e. The summed E-state index contributed by atoms with van der Waals surface area (Å²) >= 11 is 0. The van der Waals surface area contributed by atoms with Gasteiger partial charge in [0.25, 0.3) is 11.6 Å². The number of nitro groups is 1. The molecule has 8 nitrogen and oxygen atoms in total. The van der Waals surface area contributed by atoms with Crippen LogP contribution in [0.25, 0.3) is 22.2 Å². The Morgan fingerprint density at radius 2 is 1.74 bits per heavy atom. The van der Waals surface area contributed by atoms with E-state index in [1.807, 2.05) is 37.3 Å². The normalized spacial score (nSPS) is 10.6. The highest BCUT2D eigenvalue weighted by atomic mass is 16.6. The lowest BCUT2D eigenvalue weighted by molar-refractivity contribution is -0.385. The van der Waals surface area contributed by atoms with Gasteiger partial charge in [0.2, 0.25) is 0 Å². The lowest BCUT2D eigenvalue weighted by Crippen LogP contribution is -2.21. The predicted octanol–water partition coefficient (Wildman–Crippen LogP) is 5.22. The minimum atomic E-state index is -0.669. The number of hydrogen-bond acceptors (Lipinski definition) is 6. The van der Waals surface area contributed by atoms with Crippen molar-refractivity contribution in [1.29, 1.82) is 0 Å². The lowest BCUT2D eigenvalue weighted by Gasteiger charge is -2.11. The quantitative estimate of drug-likeness (QED) is 0.242. The number of carbonyl (C=O) groups excluding carboxylic acids is 2. The van der Waals surface area contributed by atoms with Gasteiger partial charge in [0.15, 0.2) is 6.61 Å². The van der Waals surface area contributed by atoms with E-state index in [0.717, 1.165) is 11.1 Å². The monoisotopic (exact) mass is 455 g/mol. The zero-order chi connectivity index (χ0) is 24.2. The number of carbonyl (C=O) groups is 2. The summed E-state index contributed by atoms with van der Waals surface area (Å²) < 4.78 is 5.27. The van der Waals surface area contributed by atoms with Crippen LogP contribution in [0.15, 0.2) is 72.8 Å². The van der Waals surface area contributed by atoms with Gasteiger partial charge >= 0.3 is 5.97 Å². The van der Waals surface area contributed by atoms with Gasteiger partial charge in [-0.1, -0.05) is 54.1 Å². The molecule has 0 atom stereocenters. The number of hydrogen-bond donors (Lipinski definition) is 1. The Balaban J connectivity index is 1.53. The van der Waals surface area contributed by atoms with Crippen LogP contribution in [-0.4, -0.2) is 28.4 Å². The second-order valence-electron chi connectivity index (χ2n) is 7.82. The van der Waals surface area contributed by atoms with Crippen molar-refractivity contribution in [1.82, 2.24) is 4.98 Å². The number of nitrogens with one attached hydrogen (secondary N) is 1. The molecule has 1 aromatic heterocycles. The number of para-hydroxylation sites is 1. The van der Waals surface area contributed by atoms with Gasteiger partial charge < -0.3 is 10.1 Å². The zero-order valence-electron chi connectivity index (χ0n) is 18.6. The molecule has 1 heterocycles. The first-order valence-corrected chi connectivity index (χ1v) is 10.5. The number of nitrogens with zero attached hydrogens (tertiary/aromatic N) is 2. The van der Waals surface area contributed by atoms with E-state index in [4.69, 9.17) is 4.74 Å². The molecule has 0 fully saturated rings. The smallest absolute Gasteiger partial charge is 0.339 e. The number of benzene rings is 3. The topological polar surface area (TPSA) is 111 Å². The van der Waals surface area contributed by atoms with Gasteiger partial charge in [-0.15, -0.1) is 0 Å². The molecule has 0 bridgehead atoms. The Bertz CT molecular complexity index is 1410. The summed E-state index contributed by atoms with van der Waals surface area (Å²) in [5.41, 5.74) is 4.10. The molecule has 34 heavy (non-hydrogen) atoms. The van der Waals surface area contributed by atoms with Crippen LogP contribution >= 0.6 is 0 Å². The van der Waals surface area contributed by atoms with Crippen LogP contribution in [0.5, 0.6) is 0 Å². The van der Waals surface area contributed by atoms with Crippen molar-refractivity contribution < 1.29 is 19.2 Å². The standard InChI is InChI=1S/C26H21N3O5/c1-16-7-10-18(11-8-16)23-14-21(20-5-3-4-6-22(20)28-23)26(31)34-15-25(30)27-19-12-9-17(2)24(13-19)29(32)33/h3-14H,15H2,1-2H3,(H,27,30). The Labute approximate surface area is 195 Å². The summed E-state index contributed by atoms with van der Waals surface area (Å²) in [5.74, 6) is -1.28. The Morgan fingerprint density at radius 1 is 1.00 bits per heavy atom. The highest BCUT2D eigenvalue weighted by Crippen LogP contribution is 2.26. The molecule has 0 saturated carbocycles. The van der Waals surface area contributed by atoms with Crippen molar-refractivity contribution in [3.8, 4) is 11.3 Å². The van der Waals surface area contributed by atoms with Crippen LogP contribution in [0.4, 0.5) is 11.4 Å². The van der Waals surface area contributed by atoms with Crippen molar-refractivity contribution in [2.75, 3.05) is 11.9 Å². The summed E-state index contributed by atoms with van der Waals surface area (Å²) in [4.78, 5) is 40.5. The van der Waals surface area contributed by atoms with Crippen molar-refractivity contribution in [3.63, 3.8) is 0 Å². The summed E-state index contributed by atoms with van der Waals surface area (Å²) in [5, 5.41) is 14.2. The second-order valence-corrected chi connectivity index (χ2v) is 7.82. The molecule has 4 rings (SSSR count).